The minimum absolute atomic E-state index is 0.0681. The van der Waals surface area contributed by atoms with Crippen LogP contribution in [0.15, 0.2) is 48.5 Å². The number of benzene rings is 2. The lowest BCUT2D eigenvalue weighted by molar-refractivity contribution is -0.198. The first kappa shape index (κ1) is 25.6. The number of ether oxygens (including phenoxy) is 2. The summed E-state index contributed by atoms with van der Waals surface area (Å²) < 4.78 is 25.0. The molecular formula is C29H33FN2O5. The second kappa shape index (κ2) is 11.5. The number of carbonyl (C=O) groups is 2. The van der Waals surface area contributed by atoms with Crippen LogP contribution in [0.2, 0.25) is 0 Å². The molecule has 2 fully saturated rings. The van der Waals surface area contributed by atoms with Crippen LogP contribution in [0.1, 0.15) is 60.0 Å². The minimum Gasteiger partial charge on any atom is -0.486 e. The van der Waals surface area contributed by atoms with Crippen LogP contribution < -0.4 is 10.2 Å². The monoisotopic (exact) mass is 508 g/mol. The summed E-state index contributed by atoms with van der Waals surface area (Å²) in [5.74, 6) is 0.0696. The SMILES string of the molecule is O=C(C=Cc1ccc2c(c1)C(=O)CC1(CCN(CCc3ccc(F)cc3)CC1)O2)NOC1CCCCO1. The van der Waals surface area contributed by atoms with Gasteiger partial charge in [-0.15, -0.1) is 0 Å². The van der Waals surface area contributed by atoms with Gasteiger partial charge in [0.15, 0.2) is 12.1 Å². The van der Waals surface area contributed by atoms with E-state index in [-0.39, 0.29) is 17.5 Å². The van der Waals surface area contributed by atoms with E-state index in [1.54, 1.807) is 12.1 Å². The third-order valence-electron chi connectivity index (χ3n) is 7.37. The maximum Gasteiger partial charge on any atom is 0.267 e. The molecule has 5 rings (SSSR count). The van der Waals surface area contributed by atoms with Crippen molar-refractivity contribution in [2.75, 3.05) is 26.2 Å². The number of halogens is 1. The van der Waals surface area contributed by atoms with Gasteiger partial charge in [0.25, 0.3) is 5.91 Å². The zero-order valence-corrected chi connectivity index (χ0v) is 20.9. The molecule has 3 heterocycles. The Bertz CT molecular complexity index is 1140. The molecule has 1 N–H and O–H groups in total. The number of carbonyl (C=O) groups excluding carboxylic acids is 2. The highest BCUT2D eigenvalue weighted by Crippen LogP contribution is 2.39. The van der Waals surface area contributed by atoms with Crippen molar-refractivity contribution in [3.05, 3.63) is 71.0 Å². The first-order valence-electron chi connectivity index (χ1n) is 13.1. The molecule has 1 atom stereocenters. The first-order valence-corrected chi connectivity index (χ1v) is 13.1. The molecule has 196 valence electrons. The maximum absolute atomic E-state index is 13.1. The number of likely N-dealkylation sites (tertiary alicyclic amines) is 1. The van der Waals surface area contributed by atoms with Gasteiger partial charge in [-0.2, -0.15) is 0 Å². The summed E-state index contributed by atoms with van der Waals surface area (Å²) in [6.07, 6.45) is 8.19. The molecule has 0 aliphatic carbocycles. The summed E-state index contributed by atoms with van der Waals surface area (Å²) in [6.45, 7) is 3.24. The normalized spacial score (nSPS) is 21.5. The maximum atomic E-state index is 13.1. The highest BCUT2D eigenvalue weighted by Gasteiger charge is 2.42. The van der Waals surface area contributed by atoms with Crippen molar-refractivity contribution < 1.29 is 28.3 Å². The zero-order chi connectivity index (χ0) is 25.7. The third kappa shape index (κ3) is 6.63. The average molecular weight is 509 g/mol. The Morgan fingerprint density at radius 3 is 2.73 bits per heavy atom. The topological polar surface area (TPSA) is 77.1 Å². The van der Waals surface area contributed by atoms with Gasteiger partial charge in [0, 0.05) is 51.6 Å². The number of piperidine rings is 1. The molecule has 0 saturated carbocycles. The zero-order valence-electron chi connectivity index (χ0n) is 20.9. The summed E-state index contributed by atoms with van der Waals surface area (Å²) in [5.41, 5.74) is 4.34. The fourth-order valence-corrected chi connectivity index (χ4v) is 5.15. The first-order chi connectivity index (χ1) is 18.0. The van der Waals surface area contributed by atoms with E-state index in [2.05, 4.69) is 10.4 Å². The van der Waals surface area contributed by atoms with E-state index in [0.717, 1.165) is 69.3 Å². The predicted molar refractivity (Wildman–Crippen MR) is 136 cm³/mol. The van der Waals surface area contributed by atoms with Crippen LogP contribution in [0.3, 0.4) is 0 Å². The number of ketones is 1. The van der Waals surface area contributed by atoms with E-state index in [1.807, 2.05) is 24.3 Å². The van der Waals surface area contributed by atoms with Crippen LogP contribution in [0.25, 0.3) is 6.08 Å². The van der Waals surface area contributed by atoms with Gasteiger partial charge in [0.1, 0.15) is 17.2 Å². The number of fused-ring (bicyclic) bond motifs is 1. The van der Waals surface area contributed by atoms with Crippen LogP contribution >= 0.6 is 0 Å². The molecule has 0 aromatic heterocycles. The van der Waals surface area contributed by atoms with E-state index >= 15 is 0 Å². The van der Waals surface area contributed by atoms with Crippen LogP contribution in [0, 0.1) is 5.82 Å². The Morgan fingerprint density at radius 1 is 1.16 bits per heavy atom. The predicted octanol–water partition coefficient (Wildman–Crippen LogP) is 4.46. The molecular weight excluding hydrogens is 475 g/mol. The summed E-state index contributed by atoms with van der Waals surface area (Å²) in [7, 11) is 0. The van der Waals surface area contributed by atoms with Crippen molar-refractivity contribution in [2.24, 2.45) is 0 Å². The molecule has 37 heavy (non-hydrogen) atoms. The average Bonchev–Trinajstić information content (AvgIpc) is 2.92. The van der Waals surface area contributed by atoms with Crippen LogP contribution in [0.4, 0.5) is 4.39 Å². The highest BCUT2D eigenvalue weighted by molar-refractivity contribution is 6.01. The lowest BCUT2D eigenvalue weighted by Crippen LogP contribution is -2.51. The fourth-order valence-electron chi connectivity index (χ4n) is 5.15. The number of hydroxylamine groups is 1. The quantitative estimate of drug-likeness (QED) is 0.440. The van der Waals surface area contributed by atoms with Crippen molar-refractivity contribution in [3.8, 4) is 5.75 Å². The Hall–Kier alpha value is -3.07. The Kier molecular flexibility index (Phi) is 7.98. The molecule has 3 aliphatic heterocycles. The molecule has 1 unspecified atom stereocenters. The van der Waals surface area contributed by atoms with Crippen LogP contribution in [-0.4, -0.2) is 54.7 Å². The van der Waals surface area contributed by atoms with E-state index in [1.165, 1.54) is 18.2 Å². The number of hydrogen-bond acceptors (Lipinski definition) is 6. The second-order valence-corrected chi connectivity index (χ2v) is 10.1. The standard InChI is InChI=1S/C29H33FN2O5/c30-23-8-4-21(5-9-23)12-15-32-16-13-29(14-17-32)20-25(33)24-19-22(6-10-26(24)36-29)7-11-27(34)31-37-28-3-1-2-18-35-28/h4-11,19,28H,1-3,12-18,20H2,(H,31,34). The van der Waals surface area contributed by atoms with Crippen molar-refractivity contribution in [1.29, 1.82) is 0 Å². The van der Waals surface area contributed by atoms with Crippen LogP contribution in [-0.2, 0) is 20.8 Å². The second-order valence-electron chi connectivity index (χ2n) is 10.1. The van der Waals surface area contributed by atoms with Crippen molar-refractivity contribution in [1.82, 2.24) is 10.4 Å². The van der Waals surface area contributed by atoms with Crippen LogP contribution in [0.5, 0.6) is 5.75 Å². The molecule has 3 aliphatic rings. The molecule has 2 aromatic rings. The van der Waals surface area contributed by atoms with Crippen molar-refractivity contribution in [3.63, 3.8) is 0 Å². The number of amides is 1. The summed E-state index contributed by atoms with van der Waals surface area (Å²) in [4.78, 5) is 32.8. The van der Waals surface area contributed by atoms with Gasteiger partial charge in [-0.1, -0.05) is 18.2 Å². The van der Waals surface area contributed by atoms with Crippen molar-refractivity contribution >= 4 is 17.8 Å². The lowest BCUT2D eigenvalue weighted by atomic mass is 9.82. The van der Waals surface area contributed by atoms with Gasteiger partial charge < -0.3 is 14.4 Å². The van der Waals surface area contributed by atoms with E-state index in [0.29, 0.717) is 24.3 Å². The summed E-state index contributed by atoms with van der Waals surface area (Å²) in [5, 5.41) is 0. The molecule has 0 radical (unpaired) electrons. The van der Waals surface area contributed by atoms with Gasteiger partial charge in [-0.3, -0.25) is 9.59 Å². The molecule has 7 nitrogen and oxygen atoms in total. The largest absolute Gasteiger partial charge is 0.486 e. The number of Topliss-reactive ketones (excluding diaryl/α,β-unsaturated/α-hetero) is 1. The molecule has 2 saturated heterocycles. The lowest BCUT2D eigenvalue weighted by Gasteiger charge is -2.44. The third-order valence-corrected chi connectivity index (χ3v) is 7.37. The van der Waals surface area contributed by atoms with E-state index in [4.69, 9.17) is 14.3 Å². The van der Waals surface area contributed by atoms with Gasteiger partial charge >= 0.3 is 0 Å². The fraction of sp³-hybridized carbons (Fsp3) is 0.448. The minimum atomic E-state index is -0.466. The molecule has 1 spiro atoms. The smallest absolute Gasteiger partial charge is 0.267 e. The Labute approximate surface area is 216 Å². The number of rotatable bonds is 7. The summed E-state index contributed by atoms with van der Waals surface area (Å²) >= 11 is 0. The highest BCUT2D eigenvalue weighted by atomic mass is 19.1. The van der Waals surface area contributed by atoms with Gasteiger partial charge in [-0.25, -0.2) is 14.7 Å². The molecule has 8 heteroatoms. The molecule has 0 bridgehead atoms. The number of hydrogen-bond donors (Lipinski definition) is 1. The number of nitrogens with zero attached hydrogens (tertiary/aromatic N) is 1. The Balaban J connectivity index is 1.13. The Morgan fingerprint density at radius 2 is 1.97 bits per heavy atom. The molecule has 2 aromatic carbocycles. The van der Waals surface area contributed by atoms with E-state index < -0.39 is 11.9 Å². The van der Waals surface area contributed by atoms with Gasteiger partial charge in [0.2, 0.25) is 0 Å². The summed E-state index contributed by atoms with van der Waals surface area (Å²) in [6, 6.07) is 12.1. The van der Waals surface area contributed by atoms with Gasteiger partial charge in [-0.05, 0) is 60.7 Å². The van der Waals surface area contributed by atoms with E-state index in [9.17, 15) is 14.0 Å². The number of nitrogens with one attached hydrogen (secondary N) is 1. The molecule has 1 amide bonds. The van der Waals surface area contributed by atoms with Gasteiger partial charge in [0.05, 0.1) is 12.0 Å². The van der Waals surface area contributed by atoms with Crippen molar-refractivity contribution in [2.45, 2.75) is 56.8 Å².